The molecule has 3 nitrogen and oxygen atoms in total. The van der Waals surface area contributed by atoms with Crippen LogP contribution in [0, 0.1) is 5.41 Å². The van der Waals surface area contributed by atoms with Crippen molar-refractivity contribution < 1.29 is 14.3 Å². The van der Waals surface area contributed by atoms with Crippen molar-refractivity contribution in [2.45, 2.75) is 58.8 Å². The zero-order valence-electron chi connectivity index (χ0n) is 9.67. The third kappa shape index (κ3) is 2.80. The highest BCUT2D eigenvalue weighted by molar-refractivity contribution is 5.97. The first-order valence-corrected chi connectivity index (χ1v) is 5.89. The molecule has 0 amide bonds. The van der Waals surface area contributed by atoms with Gasteiger partial charge in [-0.05, 0) is 12.8 Å². The molecule has 0 radical (unpaired) electrons. The summed E-state index contributed by atoms with van der Waals surface area (Å²) in [6.45, 7) is 4.19. The summed E-state index contributed by atoms with van der Waals surface area (Å²) in [4.78, 5) is 22.8. The number of cyclic esters (lactones) is 2. The van der Waals surface area contributed by atoms with Crippen molar-refractivity contribution in [3.05, 3.63) is 0 Å². The summed E-state index contributed by atoms with van der Waals surface area (Å²) in [6.07, 6.45) is 5.98. The lowest BCUT2D eigenvalue weighted by Crippen LogP contribution is -2.26. The smallest absolute Gasteiger partial charge is 0.320 e. The van der Waals surface area contributed by atoms with Crippen LogP contribution in [-0.4, -0.2) is 11.9 Å². The van der Waals surface area contributed by atoms with E-state index >= 15 is 0 Å². The molecule has 0 atom stereocenters. The Morgan fingerprint density at radius 1 is 1.13 bits per heavy atom. The Kier molecular flexibility index (Phi) is 4.30. The molecule has 0 aromatic rings. The lowest BCUT2D eigenvalue weighted by molar-refractivity contribution is -0.155. The second kappa shape index (κ2) is 5.29. The molecular weight excluding hydrogens is 192 g/mol. The molecule has 1 heterocycles. The fourth-order valence-corrected chi connectivity index (χ4v) is 2.13. The molecule has 1 rings (SSSR count). The number of hydrogen-bond acceptors (Lipinski definition) is 3. The third-order valence-corrected chi connectivity index (χ3v) is 3.14. The van der Waals surface area contributed by atoms with E-state index in [-0.39, 0.29) is 11.9 Å². The van der Waals surface area contributed by atoms with Gasteiger partial charge in [0.15, 0.2) is 0 Å². The number of carbonyl (C=O) groups excluding carboxylic acids is 2. The summed E-state index contributed by atoms with van der Waals surface area (Å²) in [7, 11) is 0. The van der Waals surface area contributed by atoms with Crippen molar-refractivity contribution in [3.63, 3.8) is 0 Å². The summed E-state index contributed by atoms with van der Waals surface area (Å²) < 4.78 is 4.69. The molecule has 0 bridgehead atoms. The Labute approximate surface area is 91.2 Å². The minimum Gasteiger partial charge on any atom is -0.393 e. The van der Waals surface area contributed by atoms with Crippen molar-refractivity contribution >= 4 is 11.9 Å². The van der Waals surface area contributed by atoms with Crippen LogP contribution in [0.25, 0.3) is 0 Å². The largest absolute Gasteiger partial charge is 0.393 e. The molecule has 1 fully saturated rings. The number of hydrogen-bond donors (Lipinski definition) is 0. The molecule has 0 unspecified atom stereocenters. The van der Waals surface area contributed by atoms with Gasteiger partial charge in [-0.3, -0.25) is 9.59 Å². The van der Waals surface area contributed by atoms with Gasteiger partial charge in [0.05, 0.1) is 11.8 Å². The molecule has 0 aromatic heterocycles. The predicted molar refractivity (Wildman–Crippen MR) is 57.2 cm³/mol. The van der Waals surface area contributed by atoms with Crippen LogP contribution in [0.1, 0.15) is 58.8 Å². The van der Waals surface area contributed by atoms with Crippen LogP contribution in [-0.2, 0) is 14.3 Å². The lowest BCUT2D eigenvalue weighted by atomic mass is 9.77. The minimum absolute atomic E-state index is 0.283. The summed E-state index contributed by atoms with van der Waals surface area (Å²) in [6, 6.07) is 0. The van der Waals surface area contributed by atoms with Crippen LogP contribution in [0.4, 0.5) is 0 Å². The van der Waals surface area contributed by atoms with Crippen molar-refractivity contribution in [2.75, 3.05) is 0 Å². The maximum absolute atomic E-state index is 11.7. The fraction of sp³-hybridized carbons (Fsp3) is 0.833. The number of carbonyl (C=O) groups is 2. The van der Waals surface area contributed by atoms with Crippen LogP contribution in [0.2, 0.25) is 0 Å². The van der Waals surface area contributed by atoms with Crippen LogP contribution in [0.5, 0.6) is 0 Å². The summed E-state index contributed by atoms with van der Waals surface area (Å²) in [5.41, 5.74) is -0.483. The van der Waals surface area contributed by atoms with E-state index in [0.717, 1.165) is 38.5 Å². The number of ether oxygens (including phenoxy) is 1. The first-order chi connectivity index (χ1) is 7.14. The van der Waals surface area contributed by atoms with E-state index in [1.165, 1.54) is 0 Å². The van der Waals surface area contributed by atoms with E-state index in [1.54, 1.807) is 0 Å². The number of rotatable bonds is 6. The lowest BCUT2D eigenvalue weighted by Gasteiger charge is -2.22. The van der Waals surface area contributed by atoms with Gasteiger partial charge < -0.3 is 4.74 Å². The second-order valence-electron chi connectivity index (χ2n) is 4.43. The Balaban J connectivity index is 2.67. The van der Waals surface area contributed by atoms with Gasteiger partial charge in [0.1, 0.15) is 0 Å². The standard InChI is InChI=1S/C12H20O3/c1-3-5-7-12(8-6-4-2)9-10(13)15-11(12)14/h3-9H2,1-2H3. The van der Waals surface area contributed by atoms with Crippen molar-refractivity contribution in [1.82, 2.24) is 0 Å². The second-order valence-corrected chi connectivity index (χ2v) is 4.43. The highest BCUT2D eigenvalue weighted by atomic mass is 16.6. The average Bonchev–Trinajstić information content (AvgIpc) is 2.48. The third-order valence-electron chi connectivity index (χ3n) is 3.14. The average molecular weight is 212 g/mol. The van der Waals surface area contributed by atoms with Gasteiger partial charge in [-0.1, -0.05) is 39.5 Å². The Morgan fingerprint density at radius 2 is 1.67 bits per heavy atom. The molecule has 0 aliphatic carbocycles. The Morgan fingerprint density at radius 3 is 2.00 bits per heavy atom. The topological polar surface area (TPSA) is 43.4 Å². The highest BCUT2D eigenvalue weighted by Crippen LogP contribution is 2.40. The van der Waals surface area contributed by atoms with Crippen molar-refractivity contribution in [2.24, 2.45) is 5.41 Å². The molecule has 15 heavy (non-hydrogen) atoms. The Bertz CT molecular complexity index is 237. The van der Waals surface area contributed by atoms with Crippen LogP contribution >= 0.6 is 0 Å². The maximum atomic E-state index is 11.7. The zero-order valence-corrected chi connectivity index (χ0v) is 9.67. The Hall–Kier alpha value is -0.860. The van der Waals surface area contributed by atoms with Gasteiger partial charge in [-0.2, -0.15) is 0 Å². The molecule has 1 saturated heterocycles. The maximum Gasteiger partial charge on any atom is 0.320 e. The van der Waals surface area contributed by atoms with Crippen LogP contribution in [0.15, 0.2) is 0 Å². The van der Waals surface area contributed by atoms with E-state index in [4.69, 9.17) is 4.74 Å². The minimum atomic E-state index is -0.483. The highest BCUT2D eigenvalue weighted by Gasteiger charge is 2.47. The number of unbranched alkanes of at least 4 members (excludes halogenated alkanes) is 2. The summed E-state index contributed by atoms with van der Waals surface area (Å²) in [5.74, 6) is -0.624. The van der Waals surface area contributed by atoms with E-state index < -0.39 is 5.41 Å². The van der Waals surface area contributed by atoms with E-state index in [9.17, 15) is 9.59 Å². The normalized spacial score (nSPS) is 19.3. The zero-order chi connectivity index (χ0) is 11.3. The predicted octanol–water partition coefficient (Wildman–Crippen LogP) is 2.83. The van der Waals surface area contributed by atoms with E-state index in [0.29, 0.717) is 6.42 Å². The first-order valence-electron chi connectivity index (χ1n) is 5.89. The van der Waals surface area contributed by atoms with E-state index in [2.05, 4.69) is 13.8 Å². The molecule has 1 aliphatic heterocycles. The van der Waals surface area contributed by atoms with Gasteiger partial charge in [-0.15, -0.1) is 0 Å². The molecule has 1 aliphatic rings. The van der Waals surface area contributed by atoms with Gasteiger partial charge in [-0.25, -0.2) is 0 Å². The van der Waals surface area contributed by atoms with Crippen molar-refractivity contribution in [1.29, 1.82) is 0 Å². The monoisotopic (exact) mass is 212 g/mol. The molecule has 0 saturated carbocycles. The molecule has 3 heteroatoms. The molecule has 0 spiro atoms. The first kappa shape index (κ1) is 12.2. The molecular formula is C12H20O3. The molecule has 0 N–H and O–H groups in total. The van der Waals surface area contributed by atoms with Crippen LogP contribution < -0.4 is 0 Å². The van der Waals surface area contributed by atoms with Crippen molar-refractivity contribution in [3.8, 4) is 0 Å². The van der Waals surface area contributed by atoms with E-state index in [1.807, 2.05) is 0 Å². The molecule has 0 aromatic carbocycles. The van der Waals surface area contributed by atoms with Gasteiger partial charge >= 0.3 is 11.9 Å². The summed E-state index contributed by atoms with van der Waals surface area (Å²) >= 11 is 0. The molecule has 86 valence electrons. The van der Waals surface area contributed by atoms with Crippen LogP contribution in [0.3, 0.4) is 0 Å². The fourth-order valence-electron chi connectivity index (χ4n) is 2.13. The number of esters is 2. The van der Waals surface area contributed by atoms with Gasteiger partial charge in [0.2, 0.25) is 0 Å². The summed E-state index contributed by atoms with van der Waals surface area (Å²) in [5, 5.41) is 0. The van der Waals surface area contributed by atoms with Gasteiger partial charge in [0, 0.05) is 0 Å². The quantitative estimate of drug-likeness (QED) is 0.502. The SMILES string of the molecule is CCCCC1(CCCC)CC(=O)OC1=O. The van der Waals surface area contributed by atoms with Gasteiger partial charge in [0.25, 0.3) is 0 Å².